The van der Waals surface area contributed by atoms with Crippen LogP contribution in [-0.2, 0) is 9.47 Å². The van der Waals surface area contributed by atoms with Crippen molar-refractivity contribution in [3.63, 3.8) is 0 Å². The Balaban J connectivity index is 1.58. The Morgan fingerprint density at radius 2 is 1.65 bits per heavy atom. The highest BCUT2D eigenvalue weighted by atomic mass is 19.2. The average molecular weight is 356 g/mol. The lowest BCUT2D eigenvalue weighted by Gasteiger charge is -2.26. The van der Waals surface area contributed by atoms with Gasteiger partial charge in [0, 0.05) is 11.5 Å². The largest absolute Gasteiger partial charge is 0.342 e. The van der Waals surface area contributed by atoms with Crippen LogP contribution < -0.4 is 0 Å². The maximum atomic E-state index is 13.3. The SMILES string of the molecule is CCCCC1COC(C#Cc2ccc(-c3ccc(F)c(F)c3)cc2)OC1. The van der Waals surface area contributed by atoms with Crippen LogP contribution in [0.3, 0.4) is 0 Å². The fourth-order valence-corrected chi connectivity index (χ4v) is 2.85. The van der Waals surface area contributed by atoms with Crippen LogP contribution >= 0.6 is 0 Å². The summed E-state index contributed by atoms with van der Waals surface area (Å²) in [5, 5.41) is 0. The minimum atomic E-state index is -0.852. The molecule has 0 N–H and O–H groups in total. The van der Waals surface area contributed by atoms with Crippen molar-refractivity contribution in [2.45, 2.75) is 32.5 Å². The van der Waals surface area contributed by atoms with Crippen molar-refractivity contribution < 1.29 is 18.3 Å². The van der Waals surface area contributed by atoms with Gasteiger partial charge in [-0.05, 0) is 47.7 Å². The molecule has 0 radical (unpaired) electrons. The number of halogens is 2. The van der Waals surface area contributed by atoms with Crippen molar-refractivity contribution >= 4 is 0 Å². The fraction of sp³-hybridized carbons (Fsp3) is 0.364. The topological polar surface area (TPSA) is 18.5 Å². The van der Waals surface area contributed by atoms with Crippen LogP contribution in [0.15, 0.2) is 42.5 Å². The summed E-state index contributed by atoms with van der Waals surface area (Å²) in [7, 11) is 0. The molecule has 26 heavy (non-hydrogen) atoms. The minimum absolute atomic E-state index is 0.461. The lowest BCUT2D eigenvalue weighted by atomic mass is 10.0. The van der Waals surface area contributed by atoms with Gasteiger partial charge in [0.2, 0.25) is 6.29 Å². The predicted molar refractivity (Wildman–Crippen MR) is 97.4 cm³/mol. The first-order chi connectivity index (χ1) is 12.7. The molecule has 0 aliphatic carbocycles. The van der Waals surface area contributed by atoms with Crippen molar-refractivity contribution in [2.24, 2.45) is 5.92 Å². The van der Waals surface area contributed by atoms with Crippen molar-refractivity contribution in [2.75, 3.05) is 13.2 Å². The van der Waals surface area contributed by atoms with E-state index in [1.807, 2.05) is 24.3 Å². The standard InChI is InChI=1S/C22H22F2O2/c1-2-3-4-17-14-25-22(26-15-17)12-7-16-5-8-18(9-6-16)19-10-11-20(23)21(24)13-19/h5-6,8-11,13,17,22H,2-4,14-15H2,1H3. The minimum Gasteiger partial charge on any atom is -0.342 e. The van der Waals surface area contributed by atoms with E-state index in [4.69, 9.17) is 9.47 Å². The van der Waals surface area contributed by atoms with Crippen molar-refractivity contribution in [3.05, 3.63) is 59.7 Å². The van der Waals surface area contributed by atoms with Crippen molar-refractivity contribution in [1.82, 2.24) is 0 Å². The van der Waals surface area contributed by atoms with Crippen molar-refractivity contribution in [1.29, 1.82) is 0 Å². The first-order valence-electron chi connectivity index (χ1n) is 8.96. The van der Waals surface area contributed by atoms with Gasteiger partial charge in [0.05, 0.1) is 13.2 Å². The third kappa shape index (κ3) is 4.91. The number of benzene rings is 2. The fourth-order valence-electron chi connectivity index (χ4n) is 2.85. The summed E-state index contributed by atoms with van der Waals surface area (Å²) >= 11 is 0. The number of hydrogen-bond donors (Lipinski definition) is 0. The molecule has 0 aromatic heterocycles. The second kappa shape index (κ2) is 8.93. The zero-order valence-electron chi connectivity index (χ0n) is 14.8. The van der Waals surface area contributed by atoms with E-state index in [0.717, 1.165) is 23.6 Å². The van der Waals surface area contributed by atoms with Gasteiger partial charge in [0.1, 0.15) is 0 Å². The average Bonchev–Trinajstić information content (AvgIpc) is 2.68. The van der Waals surface area contributed by atoms with E-state index in [0.29, 0.717) is 24.7 Å². The van der Waals surface area contributed by atoms with Crippen LogP contribution in [0.1, 0.15) is 31.7 Å². The molecule has 0 unspecified atom stereocenters. The Bertz CT molecular complexity index is 782. The molecule has 2 nitrogen and oxygen atoms in total. The maximum absolute atomic E-state index is 13.3. The first-order valence-corrected chi connectivity index (χ1v) is 8.96. The maximum Gasteiger partial charge on any atom is 0.222 e. The molecule has 2 aromatic carbocycles. The molecule has 0 bridgehead atoms. The highest BCUT2D eigenvalue weighted by molar-refractivity contribution is 5.64. The molecule has 1 aliphatic rings. The Labute approximate surface area is 153 Å². The van der Waals surface area contributed by atoms with Gasteiger partial charge < -0.3 is 9.47 Å². The van der Waals surface area contributed by atoms with Crippen molar-refractivity contribution in [3.8, 4) is 23.0 Å². The second-order valence-corrected chi connectivity index (χ2v) is 6.48. The number of unbranched alkanes of at least 4 members (excludes halogenated alkanes) is 1. The number of hydrogen-bond acceptors (Lipinski definition) is 2. The molecular formula is C22H22F2O2. The quantitative estimate of drug-likeness (QED) is 0.704. The highest BCUT2D eigenvalue weighted by Crippen LogP contribution is 2.22. The van der Waals surface area contributed by atoms with Crippen LogP contribution in [-0.4, -0.2) is 19.5 Å². The molecule has 0 amide bonds. The van der Waals surface area contributed by atoms with E-state index in [-0.39, 0.29) is 0 Å². The Morgan fingerprint density at radius 3 is 2.31 bits per heavy atom. The third-order valence-electron chi connectivity index (χ3n) is 4.40. The monoisotopic (exact) mass is 356 g/mol. The Morgan fingerprint density at radius 1 is 0.962 bits per heavy atom. The van der Waals surface area contributed by atoms with E-state index in [9.17, 15) is 8.78 Å². The summed E-state index contributed by atoms with van der Waals surface area (Å²) in [6.45, 7) is 3.56. The summed E-state index contributed by atoms with van der Waals surface area (Å²) in [5.74, 6) is 4.79. The molecule has 4 heteroatoms. The lowest BCUT2D eigenvalue weighted by molar-refractivity contribution is -0.170. The third-order valence-corrected chi connectivity index (χ3v) is 4.40. The second-order valence-electron chi connectivity index (χ2n) is 6.48. The number of rotatable bonds is 4. The predicted octanol–water partition coefficient (Wildman–Crippen LogP) is 5.16. The van der Waals surface area contributed by atoms with E-state index >= 15 is 0 Å². The Hall–Kier alpha value is -2.22. The molecule has 0 spiro atoms. The van der Waals surface area contributed by atoms with Gasteiger partial charge in [-0.25, -0.2) is 8.78 Å². The van der Waals surface area contributed by atoms with Gasteiger partial charge in [-0.3, -0.25) is 0 Å². The first kappa shape index (κ1) is 18.6. The summed E-state index contributed by atoms with van der Waals surface area (Å²) < 4.78 is 37.7. The summed E-state index contributed by atoms with van der Waals surface area (Å²) in [6.07, 6.45) is 3.01. The van der Waals surface area contributed by atoms with E-state index in [1.54, 1.807) is 6.07 Å². The van der Waals surface area contributed by atoms with Crippen LogP contribution in [0.5, 0.6) is 0 Å². The van der Waals surface area contributed by atoms with Gasteiger partial charge in [-0.1, -0.05) is 43.9 Å². The van der Waals surface area contributed by atoms with E-state index in [2.05, 4.69) is 18.8 Å². The molecule has 0 saturated carbocycles. The summed E-state index contributed by atoms with van der Waals surface area (Å²) in [5.41, 5.74) is 2.25. The molecule has 1 heterocycles. The number of ether oxygens (including phenoxy) is 2. The van der Waals surface area contributed by atoms with Gasteiger partial charge in [0.25, 0.3) is 0 Å². The van der Waals surface area contributed by atoms with Crippen LogP contribution in [0.25, 0.3) is 11.1 Å². The zero-order valence-corrected chi connectivity index (χ0v) is 14.8. The lowest BCUT2D eigenvalue weighted by Crippen LogP contribution is -2.31. The van der Waals surface area contributed by atoms with Crippen LogP contribution in [0.2, 0.25) is 0 Å². The molecule has 0 atom stereocenters. The van der Waals surface area contributed by atoms with Gasteiger partial charge >= 0.3 is 0 Å². The van der Waals surface area contributed by atoms with Crippen LogP contribution in [0, 0.1) is 29.4 Å². The molecule has 2 aromatic rings. The van der Waals surface area contributed by atoms with Gasteiger partial charge in [0.15, 0.2) is 11.6 Å². The van der Waals surface area contributed by atoms with Gasteiger partial charge in [-0.15, -0.1) is 0 Å². The van der Waals surface area contributed by atoms with Gasteiger partial charge in [-0.2, -0.15) is 0 Å². The molecule has 3 rings (SSSR count). The van der Waals surface area contributed by atoms with E-state index in [1.165, 1.54) is 18.9 Å². The van der Waals surface area contributed by atoms with E-state index < -0.39 is 17.9 Å². The summed E-state index contributed by atoms with van der Waals surface area (Å²) in [6, 6.07) is 11.2. The molecular weight excluding hydrogens is 334 g/mol. The molecule has 1 aliphatic heterocycles. The normalized spacial score (nSPS) is 19.7. The molecule has 1 saturated heterocycles. The smallest absolute Gasteiger partial charge is 0.222 e. The molecule has 1 fully saturated rings. The Kier molecular flexibility index (Phi) is 6.38. The summed E-state index contributed by atoms with van der Waals surface area (Å²) in [4.78, 5) is 0. The highest BCUT2D eigenvalue weighted by Gasteiger charge is 2.20. The van der Waals surface area contributed by atoms with Crippen LogP contribution in [0.4, 0.5) is 8.78 Å². The zero-order chi connectivity index (χ0) is 18.4. The molecule has 136 valence electrons.